The van der Waals surface area contributed by atoms with Crippen molar-refractivity contribution in [3.05, 3.63) is 11.8 Å². The second-order valence-corrected chi connectivity index (χ2v) is 6.63. The van der Waals surface area contributed by atoms with Gasteiger partial charge in [0.05, 0.1) is 6.04 Å². The fourth-order valence-corrected chi connectivity index (χ4v) is 4.34. The molecule has 5 nitrogen and oxygen atoms in total. The minimum absolute atomic E-state index is 0. The van der Waals surface area contributed by atoms with Gasteiger partial charge in [0.2, 0.25) is 5.91 Å². The Morgan fingerprint density at radius 1 is 1.29 bits per heavy atom. The number of carbonyl (C=O) groups is 1. The monoisotopic (exact) mass is 310 g/mol. The highest BCUT2D eigenvalue weighted by atomic mass is 35.5. The van der Waals surface area contributed by atoms with Gasteiger partial charge in [0, 0.05) is 17.7 Å². The lowest BCUT2D eigenvalue weighted by atomic mass is 9.86. The molecule has 1 amide bonds. The van der Waals surface area contributed by atoms with E-state index in [1.54, 1.807) is 0 Å². The third-order valence-electron chi connectivity index (χ3n) is 5.36. The molecule has 2 saturated carbocycles. The summed E-state index contributed by atoms with van der Waals surface area (Å²) in [7, 11) is 0. The van der Waals surface area contributed by atoms with Crippen LogP contribution >= 0.6 is 12.4 Å². The Hall–Kier alpha value is -1.07. The van der Waals surface area contributed by atoms with Gasteiger partial charge in [-0.15, -0.1) is 12.4 Å². The number of rotatable bonds is 3. The Kier molecular flexibility index (Phi) is 4.22. The molecule has 116 valence electrons. The summed E-state index contributed by atoms with van der Waals surface area (Å²) in [6.45, 7) is 0.940. The van der Waals surface area contributed by atoms with Crippen molar-refractivity contribution in [3.63, 3.8) is 0 Å². The summed E-state index contributed by atoms with van der Waals surface area (Å²) in [5.74, 6) is 3.13. The minimum atomic E-state index is -0.0438. The van der Waals surface area contributed by atoms with Gasteiger partial charge in [-0.1, -0.05) is 6.42 Å². The van der Waals surface area contributed by atoms with Crippen molar-refractivity contribution >= 4 is 24.1 Å². The molecule has 0 radical (unpaired) electrons. The summed E-state index contributed by atoms with van der Waals surface area (Å²) >= 11 is 0. The molecule has 2 heterocycles. The predicted molar refractivity (Wildman–Crippen MR) is 83.7 cm³/mol. The van der Waals surface area contributed by atoms with E-state index in [0.29, 0.717) is 11.7 Å². The molecule has 0 spiro atoms. The van der Waals surface area contributed by atoms with Gasteiger partial charge in [-0.3, -0.25) is 9.89 Å². The first-order valence-electron chi connectivity index (χ1n) is 7.89. The molecule has 4 unspecified atom stereocenters. The number of halogens is 1. The smallest absolute Gasteiger partial charge is 0.242 e. The van der Waals surface area contributed by atoms with Crippen LogP contribution < -0.4 is 10.6 Å². The molecule has 4 atom stereocenters. The van der Waals surface area contributed by atoms with Crippen LogP contribution in [0.5, 0.6) is 0 Å². The summed E-state index contributed by atoms with van der Waals surface area (Å²) in [6, 6.07) is 2.00. The zero-order chi connectivity index (χ0) is 13.5. The van der Waals surface area contributed by atoms with Crippen LogP contribution in [0.25, 0.3) is 0 Å². The van der Waals surface area contributed by atoms with Crippen molar-refractivity contribution in [1.82, 2.24) is 15.5 Å². The molecule has 4 rings (SSSR count). The maximum atomic E-state index is 12.0. The number of aromatic amines is 1. The van der Waals surface area contributed by atoms with E-state index < -0.39 is 0 Å². The molecule has 1 aromatic rings. The van der Waals surface area contributed by atoms with E-state index in [0.717, 1.165) is 31.2 Å². The van der Waals surface area contributed by atoms with E-state index in [1.807, 2.05) is 6.07 Å². The number of nitrogens with zero attached hydrogens (tertiary/aromatic N) is 1. The van der Waals surface area contributed by atoms with E-state index in [-0.39, 0.29) is 24.4 Å². The normalized spacial score (nSPS) is 33.9. The van der Waals surface area contributed by atoms with Gasteiger partial charge in [-0.05, 0) is 50.5 Å². The summed E-state index contributed by atoms with van der Waals surface area (Å²) in [5.41, 5.74) is 1.21. The van der Waals surface area contributed by atoms with Gasteiger partial charge < -0.3 is 10.6 Å². The van der Waals surface area contributed by atoms with Crippen LogP contribution in [0.2, 0.25) is 0 Å². The number of amides is 1. The van der Waals surface area contributed by atoms with Crippen LogP contribution in [0.1, 0.15) is 50.1 Å². The van der Waals surface area contributed by atoms with Crippen LogP contribution in [0.15, 0.2) is 6.07 Å². The fourth-order valence-electron chi connectivity index (χ4n) is 4.34. The highest BCUT2D eigenvalue weighted by Gasteiger charge is 2.41. The molecule has 21 heavy (non-hydrogen) atoms. The van der Waals surface area contributed by atoms with Crippen molar-refractivity contribution in [2.75, 3.05) is 11.9 Å². The van der Waals surface area contributed by atoms with E-state index in [2.05, 4.69) is 20.8 Å². The number of H-pyrrole nitrogens is 1. The SMILES string of the molecule is Cl.O=C(Nc1cc(C2CC3CCC2C3)[nH]n1)C1CCCN1. The molecule has 3 N–H and O–H groups in total. The number of anilines is 1. The standard InChI is InChI=1S/C15H22N4O.ClH/c20-15(12-2-1-5-16-12)17-14-8-13(18-19-14)11-7-9-3-4-10(11)6-9;/h8-12,16H,1-7H2,(H2,17,18,19,20);1H. The lowest BCUT2D eigenvalue weighted by Crippen LogP contribution is -2.35. The topological polar surface area (TPSA) is 69.8 Å². The lowest BCUT2D eigenvalue weighted by molar-refractivity contribution is -0.117. The molecule has 1 aromatic heterocycles. The predicted octanol–water partition coefficient (Wildman–Crippen LogP) is 2.43. The third-order valence-corrected chi connectivity index (χ3v) is 5.36. The first-order chi connectivity index (χ1) is 9.79. The zero-order valence-corrected chi connectivity index (χ0v) is 12.9. The fraction of sp³-hybridized carbons (Fsp3) is 0.733. The van der Waals surface area contributed by atoms with Crippen LogP contribution in [-0.4, -0.2) is 28.7 Å². The number of hydrogen-bond donors (Lipinski definition) is 3. The highest BCUT2D eigenvalue weighted by Crippen LogP contribution is 2.52. The van der Waals surface area contributed by atoms with Crippen molar-refractivity contribution < 1.29 is 4.79 Å². The summed E-state index contributed by atoms with van der Waals surface area (Å²) in [6.07, 6.45) is 7.46. The molecular formula is C15H23ClN4O. The average molecular weight is 311 g/mol. The Balaban J connectivity index is 0.00000132. The molecule has 3 aliphatic rings. The molecule has 1 aliphatic heterocycles. The van der Waals surface area contributed by atoms with Gasteiger partial charge in [0.25, 0.3) is 0 Å². The number of hydrogen-bond acceptors (Lipinski definition) is 3. The molecule has 0 aromatic carbocycles. The van der Waals surface area contributed by atoms with E-state index in [4.69, 9.17) is 0 Å². The van der Waals surface area contributed by atoms with Crippen molar-refractivity contribution in [1.29, 1.82) is 0 Å². The van der Waals surface area contributed by atoms with E-state index >= 15 is 0 Å². The first-order valence-corrected chi connectivity index (χ1v) is 7.89. The van der Waals surface area contributed by atoms with Crippen molar-refractivity contribution in [2.45, 2.75) is 50.5 Å². The van der Waals surface area contributed by atoms with Gasteiger partial charge in [-0.2, -0.15) is 5.10 Å². The molecule has 6 heteroatoms. The maximum absolute atomic E-state index is 12.0. The van der Waals surface area contributed by atoms with Crippen molar-refractivity contribution in [3.8, 4) is 0 Å². The zero-order valence-electron chi connectivity index (χ0n) is 12.1. The second kappa shape index (κ2) is 5.97. The Morgan fingerprint density at radius 3 is 2.86 bits per heavy atom. The Morgan fingerprint density at radius 2 is 2.19 bits per heavy atom. The molecule has 2 aliphatic carbocycles. The summed E-state index contributed by atoms with van der Waals surface area (Å²) < 4.78 is 0. The molecule has 2 bridgehead atoms. The number of carbonyl (C=O) groups excluding carboxylic acids is 1. The molecule has 1 saturated heterocycles. The Bertz CT molecular complexity index is 512. The third kappa shape index (κ3) is 2.81. The van der Waals surface area contributed by atoms with Gasteiger partial charge in [-0.25, -0.2) is 0 Å². The molecular weight excluding hydrogens is 288 g/mol. The quantitative estimate of drug-likeness (QED) is 0.803. The lowest BCUT2D eigenvalue weighted by Gasteiger charge is -2.19. The first kappa shape index (κ1) is 14.9. The van der Waals surface area contributed by atoms with E-state index in [1.165, 1.54) is 31.4 Å². The highest BCUT2D eigenvalue weighted by molar-refractivity contribution is 5.94. The number of aromatic nitrogens is 2. The van der Waals surface area contributed by atoms with Crippen LogP contribution in [-0.2, 0) is 4.79 Å². The largest absolute Gasteiger partial charge is 0.308 e. The van der Waals surface area contributed by atoms with Gasteiger partial charge in [0.1, 0.15) is 0 Å². The van der Waals surface area contributed by atoms with E-state index in [9.17, 15) is 4.79 Å². The number of nitrogens with one attached hydrogen (secondary N) is 3. The summed E-state index contributed by atoms with van der Waals surface area (Å²) in [5, 5.41) is 13.6. The molecule has 3 fully saturated rings. The van der Waals surface area contributed by atoms with Crippen molar-refractivity contribution in [2.24, 2.45) is 11.8 Å². The van der Waals surface area contributed by atoms with Crippen LogP contribution in [0.3, 0.4) is 0 Å². The van der Waals surface area contributed by atoms with Gasteiger partial charge in [0.15, 0.2) is 5.82 Å². The minimum Gasteiger partial charge on any atom is -0.308 e. The van der Waals surface area contributed by atoms with Crippen LogP contribution in [0.4, 0.5) is 5.82 Å². The maximum Gasteiger partial charge on any atom is 0.242 e. The summed E-state index contributed by atoms with van der Waals surface area (Å²) in [4.78, 5) is 12.0. The van der Waals surface area contributed by atoms with Gasteiger partial charge >= 0.3 is 0 Å². The Labute approximate surface area is 131 Å². The number of fused-ring (bicyclic) bond motifs is 2. The second-order valence-electron chi connectivity index (χ2n) is 6.63. The van der Waals surface area contributed by atoms with Crippen LogP contribution in [0, 0.1) is 11.8 Å². The average Bonchev–Trinajstić information content (AvgIpc) is 3.22.